The third-order valence-electron chi connectivity index (χ3n) is 6.74. The van der Waals surface area contributed by atoms with Gasteiger partial charge in [-0.25, -0.2) is 0 Å². The molecule has 0 bridgehead atoms. The molecule has 4 heteroatoms. The number of hydrogen-bond donors (Lipinski definition) is 1. The molecule has 22 heavy (non-hydrogen) atoms. The Bertz CT molecular complexity index is 360. The largest absolute Gasteiger partial charge is 0.381 e. The molecule has 3 fully saturated rings. The second-order valence-corrected chi connectivity index (χ2v) is 7.78. The van der Waals surface area contributed by atoms with E-state index in [0.29, 0.717) is 17.6 Å². The molecule has 0 radical (unpaired) electrons. The van der Waals surface area contributed by atoms with Crippen molar-refractivity contribution >= 4 is 0 Å². The van der Waals surface area contributed by atoms with E-state index >= 15 is 0 Å². The summed E-state index contributed by atoms with van der Waals surface area (Å²) in [5.74, 6) is 0. The Morgan fingerprint density at radius 3 is 2.41 bits per heavy atom. The van der Waals surface area contributed by atoms with Crippen molar-refractivity contribution in [3.63, 3.8) is 0 Å². The summed E-state index contributed by atoms with van der Waals surface area (Å²) in [5, 5.41) is 3.95. The number of likely N-dealkylation sites (N-methyl/N-ethyl adjacent to an activating group) is 1. The number of rotatable bonds is 6. The van der Waals surface area contributed by atoms with Crippen LogP contribution in [0.1, 0.15) is 51.9 Å². The fraction of sp³-hybridized carbons (Fsp3) is 1.00. The van der Waals surface area contributed by atoms with Crippen molar-refractivity contribution in [1.29, 1.82) is 0 Å². The lowest BCUT2D eigenvalue weighted by atomic mass is 9.60. The zero-order valence-corrected chi connectivity index (χ0v) is 14.7. The summed E-state index contributed by atoms with van der Waals surface area (Å²) in [4.78, 5) is 2.42. The van der Waals surface area contributed by atoms with E-state index < -0.39 is 0 Å². The first-order chi connectivity index (χ1) is 10.6. The SMILES string of the molecule is CCO[C@H]1C[C@H](NCC2(N(C)C)CCOCC2)C12CCCC2. The van der Waals surface area contributed by atoms with Gasteiger partial charge in [-0.05, 0) is 53.1 Å². The van der Waals surface area contributed by atoms with Crippen LogP contribution in [-0.4, -0.2) is 63.0 Å². The van der Waals surface area contributed by atoms with E-state index in [1.165, 1.54) is 32.1 Å². The van der Waals surface area contributed by atoms with Gasteiger partial charge in [-0.1, -0.05) is 12.8 Å². The van der Waals surface area contributed by atoms with Crippen LogP contribution in [-0.2, 0) is 9.47 Å². The number of nitrogens with one attached hydrogen (secondary N) is 1. The van der Waals surface area contributed by atoms with Gasteiger partial charge in [0.1, 0.15) is 0 Å². The Morgan fingerprint density at radius 2 is 1.82 bits per heavy atom. The molecule has 1 N–H and O–H groups in total. The molecule has 0 amide bonds. The molecule has 1 saturated heterocycles. The van der Waals surface area contributed by atoms with Crippen molar-refractivity contribution in [3.8, 4) is 0 Å². The molecule has 2 atom stereocenters. The molecule has 1 spiro atoms. The monoisotopic (exact) mass is 310 g/mol. The number of nitrogens with zero attached hydrogens (tertiary/aromatic N) is 1. The third-order valence-corrected chi connectivity index (χ3v) is 6.74. The van der Waals surface area contributed by atoms with E-state index in [4.69, 9.17) is 9.47 Å². The van der Waals surface area contributed by atoms with Gasteiger partial charge in [-0.15, -0.1) is 0 Å². The molecule has 1 heterocycles. The zero-order chi connectivity index (χ0) is 15.6. The average Bonchev–Trinajstić information content (AvgIpc) is 3.03. The summed E-state index contributed by atoms with van der Waals surface area (Å²) in [7, 11) is 4.45. The molecule has 128 valence electrons. The molecule has 0 aromatic rings. The van der Waals surface area contributed by atoms with Gasteiger partial charge in [0.15, 0.2) is 0 Å². The maximum absolute atomic E-state index is 6.04. The second-order valence-electron chi connectivity index (χ2n) is 7.78. The molecule has 0 aromatic carbocycles. The smallest absolute Gasteiger partial charge is 0.0661 e. The quantitative estimate of drug-likeness (QED) is 0.817. The minimum atomic E-state index is 0.273. The Hall–Kier alpha value is -0.160. The lowest BCUT2D eigenvalue weighted by molar-refractivity contribution is -0.133. The fourth-order valence-corrected chi connectivity index (χ4v) is 5.02. The molecule has 1 aliphatic heterocycles. The Kier molecular flexibility index (Phi) is 5.13. The van der Waals surface area contributed by atoms with Crippen molar-refractivity contribution in [2.24, 2.45) is 5.41 Å². The van der Waals surface area contributed by atoms with E-state index in [-0.39, 0.29) is 5.54 Å². The van der Waals surface area contributed by atoms with Crippen molar-refractivity contribution < 1.29 is 9.47 Å². The molecule has 0 aromatic heterocycles. The topological polar surface area (TPSA) is 33.7 Å². The molecule has 2 saturated carbocycles. The van der Waals surface area contributed by atoms with Crippen molar-refractivity contribution in [3.05, 3.63) is 0 Å². The summed E-state index contributed by atoms with van der Waals surface area (Å²) < 4.78 is 11.6. The van der Waals surface area contributed by atoms with Crippen LogP contribution in [0.2, 0.25) is 0 Å². The highest BCUT2D eigenvalue weighted by atomic mass is 16.5. The standard InChI is InChI=1S/C18H34N2O2/c1-4-22-16-13-15(18(16)7-5-6-8-18)19-14-17(20(2)3)9-11-21-12-10-17/h15-16,19H,4-14H2,1-3H3/t15-,16-/m0/s1. The van der Waals surface area contributed by atoms with Crippen LogP contribution in [0.4, 0.5) is 0 Å². The minimum absolute atomic E-state index is 0.273. The van der Waals surface area contributed by atoms with E-state index in [2.05, 4.69) is 31.2 Å². The third kappa shape index (κ3) is 2.83. The van der Waals surface area contributed by atoms with Crippen LogP contribution in [0.5, 0.6) is 0 Å². The number of hydrogen-bond acceptors (Lipinski definition) is 4. The van der Waals surface area contributed by atoms with Gasteiger partial charge in [0, 0.05) is 43.4 Å². The molecule has 3 aliphatic rings. The fourth-order valence-electron chi connectivity index (χ4n) is 5.02. The van der Waals surface area contributed by atoms with E-state index in [1.807, 2.05) is 0 Å². The molecule has 2 aliphatic carbocycles. The highest BCUT2D eigenvalue weighted by Gasteiger charge is 2.56. The van der Waals surface area contributed by atoms with Crippen LogP contribution < -0.4 is 5.32 Å². The van der Waals surface area contributed by atoms with Gasteiger partial charge >= 0.3 is 0 Å². The molecule has 4 nitrogen and oxygen atoms in total. The van der Waals surface area contributed by atoms with Crippen LogP contribution in [0, 0.1) is 5.41 Å². The van der Waals surface area contributed by atoms with E-state index in [1.54, 1.807) is 0 Å². The van der Waals surface area contributed by atoms with Gasteiger partial charge in [0.05, 0.1) is 6.10 Å². The summed E-state index contributed by atoms with van der Waals surface area (Å²) in [6, 6.07) is 0.659. The number of ether oxygens (including phenoxy) is 2. The Labute approximate surface area is 135 Å². The highest BCUT2D eigenvalue weighted by Crippen LogP contribution is 2.54. The predicted molar refractivity (Wildman–Crippen MR) is 89.2 cm³/mol. The van der Waals surface area contributed by atoms with Crippen molar-refractivity contribution in [2.45, 2.75) is 69.6 Å². The summed E-state index contributed by atoms with van der Waals surface area (Å²) in [5.41, 5.74) is 0.712. The maximum Gasteiger partial charge on any atom is 0.0661 e. The molecule has 3 rings (SSSR count). The van der Waals surface area contributed by atoms with Crippen LogP contribution in [0.25, 0.3) is 0 Å². The predicted octanol–water partition coefficient (Wildman–Crippen LogP) is 2.42. The van der Waals surface area contributed by atoms with Crippen LogP contribution in [0.3, 0.4) is 0 Å². The molecular weight excluding hydrogens is 276 g/mol. The summed E-state index contributed by atoms with van der Waals surface area (Å²) in [6.45, 7) is 5.88. The highest BCUT2D eigenvalue weighted by molar-refractivity contribution is 5.11. The Morgan fingerprint density at radius 1 is 1.14 bits per heavy atom. The maximum atomic E-state index is 6.04. The zero-order valence-electron chi connectivity index (χ0n) is 14.7. The average molecular weight is 310 g/mol. The molecular formula is C18H34N2O2. The first kappa shape index (κ1) is 16.7. The first-order valence-electron chi connectivity index (χ1n) is 9.23. The van der Waals surface area contributed by atoms with E-state index in [0.717, 1.165) is 39.2 Å². The second kappa shape index (κ2) is 6.76. The van der Waals surface area contributed by atoms with Crippen LogP contribution >= 0.6 is 0 Å². The minimum Gasteiger partial charge on any atom is -0.381 e. The van der Waals surface area contributed by atoms with Gasteiger partial charge < -0.3 is 19.7 Å². The first-order valence-corrected chi connectivity index (χ1v) is 9.23. The van der Waals surface area contributed by atoms with Gasteiger partial charge in [-0.2, -0.15) is 0 Å². The van der Waals surface area contributed by atoms with Crippen molar-refractivity contribution in [2.75, 3.05) is 40.5 Å². The van der Waals surface area contributed by atoms with Crippen LogP contribution in [0.15, 0.2) is 0 Å². The normalized spacial score (nSPS) is 33.3. The summed E-state index contributed by atoms with van der Waals surface area (Å²) >= 11 is 0. The van der Waals surface area contributed by atoms with Gasteiger partial charge in [0.2, 0.25) is 0 Å². The van der Waals surface area contributed by atoms with E-state index in [9.17, 15) is 0 Å². The lowest BCUT2D eigenvalue weighted by Gasteiger charge is -2.55. The van der Waals surface area contributed by atoms with Gasteiger partial charge in [0.25, 0.3) is 0 Å². The Balaban J connectivity index is 1.61. The summed E-state index contributed by atoms with van der Waals surface area (Å²) in [6.07, 6.45) is 9.46. The van der Waals surface area contributed by atoms with Crippen molar-refractivity contribution in [1.82, 2.24) is 10.2 Å². The van der Waals surface area contributed by atoms with Gasteiger partial charge in [-0.3, -0.25) is 0 Å². The molecule has 0 unspecified atom stereocenters. The lowest BCUT2D eigenvalue weighted by Crippen LogP contribution is -2.66.